The predicted octanol–water partition coefficient (Wildman–Crippen LogP) is 2.15. The number of hydrogen-bond acceptors (Lipinski definition) is 4. The van der Waals surface area contributed by atoms with Crippen LogP contribution in [0.1, 0.15) is 31.9 Å². The van der Waals surface area contributed by atoms with Gasteiger partial charge in [0.05, 0.1) is 6.61 Å². The summed E-state index contributed by atoms with van der Waals surface area (Å²) < 4.78 is 5.48. The molecule has 1 aromatic rings. The van der Waals surface area contributed by atoms with Crippen LogP contribution in [0, 0.1) is 0 Å². The summed E-state index contributed by atoms with van der Waals surface area (Å²) in [7, 11) is 0. The molecule has 1 aliphatic rings. The molecule has 0 radical (unpaired) electrons. The number of nitrogens with zero attached hydrogens (tertiary/aromatic N) is 1. The Morgan fingerprint density at radius 3 is 2.68 bits per heavy atom. The van der Waals surface area contributed by atoms with Gasteiger partial charge in [-0.2, -0.15) is 0 Å². The highest BCUT2D eigenvalue weighted by atomic mass is 16.5. The Balaban J connectivity index is 2.19. The Hall–Kier alpha value is -1.26. The number of phenols is 1. The maximum atomic E-state index is 9.78. The molecule has 0 aliphatic carbocycles. The molecule has 0 bridgehead atoms. The first kappa shape index (κ1) is 14.2. The maximum Gasteiger partial charge on any atom is 0.161 e. The fourth-order valence-electron chi connectivity index (χ4n) is 2.71. The number of ether oxygens (including phenoxy) is 1. The molecule has 1 heterocycles. The molecular weight excluding hydrogens is 240 g/mol. The van der Waals surface area contributed by atoms with E-state index in [9.17, 15) is 5.11 Å². The van der Waals surface area contributed by atoms with E-state index in [-0.39, 0.29) is 5.75 Å². The Labute approximate surface area is 115 Å². The molecule has 4 nitrogen and oxygen atoms in total. The summed E-state index contributed by atoms with van der Waals surface area (Å²) in [5.74, 6) is 0.814. The van der Waals surface area contributed by atoms with Crippen LogP contribution in [0.5, 0.6) is 11.5 Å². The largest absolute Gasteiger partial charge is 0.504 e. The van der Waals surface area contributed by atoms with E-state index in [1.807, 2.05) is 19.1 Å². The summed E-state index contributed by atoms with van der Waals surface area (Å²) in [6.07, 6.45) is 1.07. The van der Waals surface area contributed by atoms with E-state index in [4.69, 9.17) is 4.74 Å². The van der Waals surface area contributed by atoms with Gasteiger partial charge in [-0.15, -0.1) is 0 Å². The molecule has 0 spiro atoms. The summed E-state index contributed by atoms with van der Waals surface area (Å²) in [6.45, 7) is 8.95. The van der Waals surface area contributed by atoms with Gasteiger partial charge in [0.25, 0.3) is 0 Å². The SMILES string of the molecule is CCOc1cc([C@@H](CC)N2CCNCC2)ccc1O. The second kappa shape index (κ2) is 6.78. The van der Waals surface area contributed by atoms with Crippen LogP contribution in [0.4, 0.5) is 0 Å². The van der Waals surface area contributed by atoms with Gasteiger partial charge >= 0.3 is 0 Å². The summed E-state index contributed by atoms with van der Waals surface area (Å²) >= 11 is 0. The molecule has 2 rings (SSSR count). The van der Waals surface area contributed by atoms with Crippen molar-refractivity contribution in [2.75, 3.05) is 32.8 Å². The number of piperazine rings is 1. The number of nitrogens with one attached hydrogen (secondary N) is 1. The van der Waals surface area contributed by atoms with Gasteiger partial charge in [0.2, 0.25) is 0 Å². The van der Waals surface area contributed by atoms with Gasteiger partial charge in [-0.25, -0.2) is 0 Å². The van der Waals surface area contributed by atoms with Crippen LogP contribution in [-0.4, -0.2) is 42.8 Å². The van der Waals surface area contributed by atoms with Crippen molar-refractivity contribution in [3.05, 3.63) is 23.8 Å². The third-order valence-corrected chi connectivity index (χ3v) is 3.65. The van der Waals surface area contributed by atoms with Gasteiger partial charge in [0.1, 0.15) is 0 Å². The molecule has 1 saturated heterocycles. The van der Waals surface area contributed by atoms with Crippen LogP contribution in [0.3, 0.4) is 0 Å². The highest BCUT2D eigenvalue weighted by molar-refractivity contribution is 5.42. The number of aromatic hydroxyl groups is 1. The zero-order chi connectivity index (χ0) is 13.7. The maximum absolute atomic E-state index is 9.78. The molecule has 0 unspecified atom stereocenters. The summed E-state index contributed by atoms with van der Waals surface area (Å²) in [5.41, 5.74) is 1.23. The molecule has 1 atom stereocenters. The lowest BCUT2D eigenvalue weighted by Crippen LogP contribution is -2.45. The van der Waals surface area contributed by atoms with E-state index >= 15 is 0 Å². The minimum atomic E-state index is 0.223. The highest BCUT2D eigenvalue weighted by Crippen LogP contribution is 2.32. The van der Waals surface area contributed by atoms with Gasteiger partial charge in [0.15, 0.2) is 11.5 Å². The Morgan fingerprint density at radius 2 is 2.05 bits per heavy atom. The molecule has 0 aromatic heterocycles. The number of hydrogen-bond donors (Lipinski definition) is 2. The summed E-state index contributed by atoms with van der Waals surface area (Å²) in [5, 5.41) is 13.2. The Kier molecular flexibility index (Phi) is 5.05. The van der Waals surface area contributed by atoms with Crippen LogP contribution in [0.25, 0.3) is 0 Å². The summed E-state index contributed by atoms with van der Waals surface area (Å²) in [6, 6.07) is 6.13. The fourth-order valence-corrected chi connectivity index (χ4v) is 2.71. The normalized spacial score (nSPS) is 18.2. The molecule has 1 fully saturated rings. The second-order valence-electron chi connectivity index (χ2n) is 4.87. The van der Waals surface area contributed by atoms with Crippen molar-refractivity contribution in [1.82, 2.24) is 10.2 Å². The van der Waals surface area contributed by atoms with Crippen LogP contribution in [0.15, 0.2) is 18.2 Å². The Morgan fingerprint density at radius 1 is 1.32 bits per heavy atom. The van der Waals surface area contributed by atoms with E-state index in [0.29, 0.717) is 18.4 Å². The van der Waals surface area contributed by atoms with Gasteiger partial charge < -0.3 is 15.2 Å². The number of rotatable bonds is 5. The average Bonchev–Trinajstić information content (AvgIpc) is 2.44. The molecule has 106 valence electrons. The number of phenolic OH excluding ortho intramolecular Hbond substituents is 1. The predicted molar refractivity (Wildman–Crippen MR) is 76.8 cm³/mol. The third-order valence-electron chi connectivity index (χ3n) is 3.65. The second-order valence-corrected chi connectivity index (χ2v) is 4.87. The number of benzene rings is 1. The lowest BCUT2D eigenvalue weighted by atomic mass is 10.0. The zero-order valence-corrected chi connectivity index (χ0v) is 11.9. The lowest BCUT2D eigenvalue weighted by Gasteiger charge is -2.34. The van der Waals surface area contributed by atoms with Crippen molar-refractivity contribution in [1.29, 1.82) is 0 Å². The molecular formula is C15H24N2O2. The van der Waals surface area contributed by atoms with Crippen molar-refractivity contribution >= 4 is 0 Å². The first-order valence-electron chi connectivity index (χ1n) is 7.16. The smallest absolute Gasteiger partial charge is 0.161 e. The van der Waals surface area contributed by atoms with Gasteiger partial charge in [-0.05, 0) is 31.0 Å². The molecule has 19 heavy (non-hydrogen) atoms. The van der Waals surface area contributed by atoms with Crippen molar-refractivity contribution in [2.45, 2.75) is 26.3 Å². The quantitative estimate of drug-likeness (QED) is 0.855. The molecule has 2 N–H and O–H groups in total. The van der Waals surface area contributed by atoms with E-state index in [1.165, 1.54) is 5.56 Å². The van der Waals surface area contributed by atoms with E-state index < -0.39 is 0 Å². The van der Waals surface area contributed by atoms with E-state index in [2.05, 4.69) is 17.1 Å². The van der Waals surface area contributed by atoms with E-state index in [1.54, 1.807) is 6.07 Å². The first-order valence-corrected chi connectivity index (χ1v) is 7.16. The minimum Gasteiger partial charge on any atom is -0.504 e. The molecule has 4 heteroatoms. The lowest BCUT2D eigenvalue weighted by molar-refractivity contribution is 0.169. The van der Waals surface area contributed by atoms with Gasteiger partial charge in [-0.3, -0.25) is 4.90 Å². The van der Waals surface area contributed by atoms with E-state index in [0.717, 1.165) is 32.6 Å². The Bertz CT molecular complexity index is 403. The van der Waals surface area contributed by atoms with Crippen LogP contribution in [0.2, 0.25) is 0 Å². The molecule has 1 aliphatic heterocycles. The van der Waals surface area contributed by atoms with Crippen molar-refractivity contribution in [2.24, 2.45) is 0 Å². The molecule has 0 amide bonds. The van der Waals surface area contributed by atoms with Gasteiger partial charge in [0, 0.05) is 32.2 Å². The summed E-state index contributed by atoms with van der Waals surface area (Å²) in [4.78, 5) is 2.50. The van der Waals surface area contributed by atoms with Crippen molar-refractivity contribution in [3.63, 3.8) is 0 Å². The fraction of sp³-hybridized carbons (Fsp3) is 0.600. The minimum absolute atomic E-state index is 0.223. The topological polar surface area (TPSA) is 44.7 Å². The van der Waals surface area contributed by atoms with Crippen LogP contribution >= 0.6 is 0 Å². The monoisotopic (exact) mass is 264 g/mol. The standard InChI is InChI=1S/C15H24N2O2/c1-3-13(17-9-7-16-8-10-17)12-5-6-14(18)15(11-12)19-4-2/h5-6,11,13,16,18H,3-4,7-10H2,1-2H3/t13-/m1/s1. The van der Waals surface area contributed by atoms with Crippen molar-refractivity contribution in [3.8, 4) is 11.5 Å². The molecule has 1 aromatic carbocycles. The molecule has 0 saturated carbocycles. The van der Waals surface area contributed by atoms with Crippen LogP contribution < -0.4 is 10.1 Å². The first-order chi connectivity index (χ1) is 9.26. The third kappa shape index (κ3) is 3.39. The average molecular weight is 264 g/mol. The van der Waals surface area contributed by atoms with Crippen molar-refractivity contribution < 1.29 is 9.84 Å². The zero-order valence-electron chi connectivity index (χ0n) is 11.9. The van der Waals surface area contributed by atoms with Crippen LogP contribution in [-0.2, 0) is 0 Å². The highest BCUT2D eigenvalue weighted by Gasteiger charge is 2.21. The van der Waals surface area contributed by atoms with Gasteiger partial charge in [-0.1, -0.05) is 13.0 Å².